The minimum atomic E-state index is -0.899. The van der Waals surface area contributed by atoms with E-state index in [2.05, 4.69) is 20.5 Å². The molecule has 2 bridgehead atoms. The number of nitrogens with zero attached hydrogens (tertiary/aromatic N) is 3. The monoisotopic (exact) mass is 695 g/mol. The second kappa shape index (κ2) is 12.7. The van der Waals surface area contributed by atoms with E-state index in [1.807, 2.05) is 0 Å². The van der Waals surface area contributed by atoms with Gasteiger partial charge in [-0.25, -0.2) is 18.2 Å². The van der Waals surface area contributed by atoms with Crippen LogP contribution < -0.4 is 20.4 Å². The van der Waals surface area contributed by atoms with Gasteiger partial charge < -0.3 is 25.2 Å². The van der Waals surface area contributed by atoms with Gasteiger partial charge in [0.2, 0.25) is 0 Å². The molecule has 9 nitrogen and oxygen atoms in total. The van der Waals surface area contributed by atoms with Crippen LogP contribution in [0.3, 0.4) is 0 Å². The molecule has 3 aromatic carbocycles. The van der Waals surface area contributed by atoms with Crippen LogP contribution in [0.2, 0.25) is 0 Å². The van der Waals surface area contributed by atoms with Crippen molar-refractivity contribution in [3.05, 3.63) is 124 Å². The Labute approximate surface area is 288 Å². The van der Waals surface area contributed by atoms with E-state index in [1.54, 1.807) is 54.7 Å². The summed E-state index contributed by atoms with van der Waals surface area (Å²) in [6, 6.07) is 19.1. The molecule has 3 aliphatic heterocycles. The summed E-state index contributed by atoms with van der Waals surface area (Å²) in [6.07, 6.45) is 3.05. The first kappa shape index (κ1) is 31.7. The van der Waals surface area contributed by atoms with Gasteiger partial charge in [-0.3, -0.25) is 14.4 Å². The standard InChI is InChI=1S/C37H28F3N5O4S/c38-22-8-11-26-30(16-22)44(14-12-21-15-31(50-33(21)26)36(47)43-32-28(39)4-1-5-29(32)40)37(48)20-6-9-23(10-7-20)42-35(46)27-3-2-13-41-34(27)45-18-25-17-24(45)19-49-25/h1-11,13,15-16,24-25H,12,14,17-19H2,(H,42,46)(H,43,47)/t24-,25-/m0/s1. The lowest BCUT2D eigenvalue weighted by molar-refractivity contribution is 0.0978. The van der Waals surface area contributed by atoms with Crippen LogP contribution in [0, 0.1) is 17.5 Å². The van der Waals surface area contributed by atoms with Crippen molar-refractivity contribution >= 4 is 51.9 Å². The zero-order valence-electron chi connectivity index (χ0n) is 26.3. The fourth-order valence-corrected chi connectivity index (χ4v) is 7.88. The molecule has 8 rings (SSSR count). The molecule has 0 radical (unpaired) electrons. The summed E-state index contributed by atoms with van der Waals surface area (Å²) in [6.45, 7) is 1.47. The van der Waals surface area contributed by atoms with E-state index in [0.717, 1.165) is 35.5 Å². The topological polar surface area (TPSA) is 104 Å². The number of hydrogen-bond donors (Lipinski definition) is 2. The van der Waals surface area contributed by atoms with Crippen molar-refractivity contribution in [2.45, 2.75) is 25.0 Å². The van der Waals surface area contributed by atoms with Crippen molar-refractivity contribution in [2.24, 2.45) is 0 Å². The average Bonchev–Trinajstić information content (AvgIpc) is 3.85. The van der Waals surface area contributed by atoms with Crippen molar-refractivity contribution in [1.82, 2.24) is 4.98 Å². The highest BCUT2D eigenvalue weighted by Gasteiger charge is 2.41. The number of thiophene rings is 1. The van der Waals surface area contributed by atoms with Crippen LogP contribution in [0.1, 0.15) is 42.4 Å². The number of para-hydroxylation sites is 1. The minimum absolute atomic E-state index is 0.144. The van der Waals surface area contributed by atoms with E-state index in [0.29, 0.717) is 58.3 Å². The third-order valence-electron chi connectivity index (χ3n) is 9.17. The molecule has 2 N–H and O–H groups in total. The molecule has 5 heterocycles. The second-order valence-corrected chi connectivity index (χ2v) is 13.3. The van der Waals surface area contributed by atoms with Crippen molar-refractivity contribution in [3.63, 3.8) is 0 Å². The molecule has 2 saturated heterocycles. The molecule has 0 unspecified atom stereocenters. The lowest BCUT2D eigenvalue weighted by atomic mass is 10.1. The van der Waals surface area contributed by atoms with Crippen LogP contribution >= 0.6 is 11.3 Å². The summed E-state index contributed by atoms with van der Waals surface area (Å²) < 4.78 is 48.7. The summed E-state index contributed by atoms with van der Waals surface area (Å²) in [4.78, 5) is 49.3. The first-order chi connectivity index (χ1) is 24.2. The summed E-state index contributed by atoms with van der Waals surface area (Å²) >= 11 is 1.09. The number of pyridine rings is 1. The van der Waals surface area contributed by atoms with Crippen molar-refractivity contribution in [3.8, 4) is 10.4 Å². The van der Waals surface area contributed by atoms with Gasteiger partial charge in [-0.05, 0) is 91.2 Å². The molecule has 2 aromatic heterocycles. The maximum atomic E-state index is 14.7. The van der Waals surface area contributed by atoms with Gasteiger partial charge in [0.15, 0.2) is 0 Å². The Morgan fingerprint density at radius 2 is 1.70 bits per heavy atom. The fourth-order valence-electron chi connectivity index (χ4n) is 6.74. The molecule has 0 spiro atoms. The highest BCUT2D eigenvalue weighted by atomic mass is 32.1. The number of fused-ring (bicyclic) bond motifs is 5. The van der Waals surface area contributed by atoms with E-state index in [9.17, 15) is 27.6 Å². The average molecular weight is 696 g/mol. The van der Waals surface area contributed by atoms with Crippen molar-refractivity contribution in [1.29, 1.82) is 0 Å². The number of carbonyl (C=O) groups is 3. The molecule has 0 saturated carbocycles. The third-order valence-corrected chi connectivity index (χ3v) is 10.4. The number of halogens is 3. The SMILES string of the molecule is O=C(Nc1c(F)cccc1F)c1cc2c(s1)-c1ccc(F)cc1N(C(=O)c1ccc(NC(=O)c3cccnc3N3C[C@@H]4C[C@H]3CO4)cc1)CC2. The number of anilines is 4. The van der Waals surface area contributed by atoms with Gasteiger partial charge in [0.25, 0.3) is 17.7 Å². The summed E-state index contributed by atoms with van der Waals surface area (Å²) in [5.41, 5.74) is 2.31. The maximum Gasteiger partial charge on any atom is 0.265 e. The lowest BCUT2D eigenvalue weighted by Crippen LogP contribution is -2.38. The van der Waals surface area contributed by atoms with E-state index in [1.165, 1.54) is 23.1 Å². The fraction of sp³-hybridized carbons (Fsp3) is 0.189. The molecule has 252 valence electrons. The first-order valence-electron chi connectivity index (χ1n) is 16.0. The Morgan fingerprint density at radius 3 is 2.44 bits per heavy atom. The van der Waals surface area contributed by atoms with Gasteiger partial charge in [-0.15, -0.1) is 11.3 Å². The maximum absolute atomic E-state index is 14.7. The Balaban J connectivity index is 1.01. The van der Waals surface area contributed by atoms with Crippen molar-refractivity contribution < 1.29 is 32.3 Å². The normalized spacial score (nSPS) is 17.6. The quantitative estimate of drug-likeness (QED) is 0.200. The largest absolute Gasteiger partial charge is 0.374 e. The molecule has 0 aliphatic carbocycles. The predicted molar refractivity (Wildman–Crippen MR) is 184 cm³/mol. The number of ether oxygens (including phenoxy) is 1. The van der Waals surface area contributed by atoms with Gasteiger partial charge in [0.05, 0.1) is 34.9 Å². The zero-order valence-corrected chi connectivity index (χ0v) is 27.1. The Morgan fingerprint density at radius 1 is 0.900 bits per heavy atom. The third kappa shape index (κ3) is 5.77. The van der Waals surface area contributed by atoms with Crippen LogP contribution in [-0.4, -0.2) is 54.5 Å². The Kier molecular flexibility index (Phi) is 8.08. The van der Waals surface area contributed by atoms with Gasteiger partial charge in [0, 0.05) is 41.0 Å². The van der Waals surface area contributed by atoms with Gasteiger partial charge in [0.1, 0.15) is 29.0 Å². The predicted octanol–water partition coefficient (Wildman–Crippen LogP) is 6.91. The first-order valence-corrected chi connectivity index (χ1v) is 16.8. The number of aromatic nitrogens is 1. The molecule has 2 fully saturated rings. The number of morpholine rings is 1. The molecule has 5 aromatic rings. The molecule has 3 aliphatic rings. The zero-order chi connectivity index (χ0) is 34.5. The van der Waals surface area contributed by atoms with Gasteiger partial charge in [-0.1, -0.05) is 6.07 Å². The number of benzene rings is 3. The number of hydrogen-bond acceptors (Lipinski definition) is 7. The molecular weight excluding hydrogens is 667 g/mol. The minimum Gasteiger partial charge on any atom is -0.374 e. The summed E-state index contributed by atoms with van der Waals surface area (Å²) in [5, 5.41) is 5.21. The molecular formula is C37H28F3N5O4S. The molecule has 2 atom stereocenters. The Bertz CT molecular complexity index is 2150. The van der Waals surface area contributed by atoms with Crippen LogP contribution in [0.25, 0.3) is 10.4 Å². The Hall–Kier alpha value is -5.53. The summed E-state index contributed by atoms with van der Waals surface area (Å²) in [7, 11) is 0. The van der Waals surface area contributed by atoms with E-state index >= 15 is 0 Å². The smallest absolute Gasteiger partial charge is 0.265 e. The van der Waals surface area contributed by atoms with Gasteiger partial charge >= 0.3 is 0 Å². The number of nitrogens with one attached hydrogen (secondary N) is 2. The van der Waals surface area contributed by atoms with E-state index in [-0.39, 0.29) is 35.4 Å². The van der Waals surface area contributed by atoms with Crippen LogP contribution in [0.15, 0.2) is 85.1 Å². The summed E-state index contributed by atoms with van der Waals surface area (Å²) in [5.74, 6) is -3.12. The van der Waals surface area contributed by atoms with Crippen molar-refractivity contribution in [2.75, 3.05) is 40.1 Å². The van der Waals surface area contributed by atoms with E-state index < -0.39 is 29.0 Å². The van der Waals surface area contributed by atoms with Crippen LogP contribution in [-0.2, 0) is 11.2 Å². The number of carbonyl (C=O) groups excluding carboxylic acids is 3. The molecule has 50 heavy (non-hydrogen) atoms. The van der Waals surface area contributed by atoms with Crippen LogP contribution in [0.4, 0.5) is 36.1 Å². The van der Waals surface area contributed by atoms with E-state index in [4.69, 9.17) is 4.74 Å². The van der Waals surface area contributed by atoms with Gasteiger partial charge in [-0.2, -0.15) is 0 Å². The number of rotatable bonds is 6. The molecule has 13 heteroatoms. The second-order valence-electron chi connectivity index (χ2n) is 12.3. The highest BCUT2D eigenvalue weighted by molar-refractivity contribution is 7.17. The highest BCUT2D eigenvalue weighted by Crippen LogP contribution is 2.42. The lowest BCUT2D eigenvalue weighted by Gasteiger charge is -2.29. The molecule has 3 amide bonds. The number of amides is 3. The van der Waals surface area contributed by atoms with Crippen LogP contribution in [0.5, 0.6) is 0 Å².